The number of aromatic nitrogens is 1. The molecule has 0 aromatic carbocycles. The topological polar surface area (TPSA) is 48.4 Å². The van der Waals surface area contributed by atoms with E-state index in [1.807, 2.05) is 6.26 Å². The Kier molecular flexibility index (Phi) is 3.76. The summed E-state index contributed by atoms with van der Waals surface area (Å²) < 4.78 is 9.57. The summed E-state index contributed by atoms with van der Waals surface area (Å²) in [5, 5.41) is 0.800. The molecule has 0 spiro atoms. The molecule has 76 valence electrons. The average molecular weight is 213 g/mol. The van der Waals surface area contributed by atoms with Crippen molar-refractivity contribution in [3.8, 4) is 5.88 Å². The van der Waals surface area contributed by atoms with Crippen LogP contribution in [0.3, 0.4) is 0 Å². The second-order valence-electron chi connectivity index (χ2n) is 2.40. The molecule has 0 saturated carbocycles. The third kappa shape index (κ3) is 2.17. The van der Waals surface area contributed by atoms with Crippen molar-refractivity contribution in [2.75, 3.05) is 20.5 Å². The first kappa shape index (κ1) is 10.8. The number of esters is 1. The van der Waals surface area contributed by atoms with Gasteiger partial charge in [-0.1, -0.05) is 0 Å². The molecule has 1 aromatic heterocycles. The van der Waals surface area contributed by atoms with E-state index in [9.17, 15) is 4.79 Å². The van der Waals surface area contributed by atoms with Gasteiger partial charge in [0.15, 0.2) is 0 Å². The lowest BCUT2D eigenvalue weighted by Gasteiger charge is -2.06. The molecule has 0 fully saturated rings. The van der Waals surface area contributed by atoms with E-state index >= 15 is 0 Å². The minimum absolute atomic E-state index is 0.295. The molecule has 0 atom stereocenters. The van der Waals surface area contributed by atoms with Crippen LogP contribution < -0.4 is 4.74 Å². The van der Waals surface area contributed by atoms with E-state index in [2.05, 4.69) is 9.72 Å². The number of carbonyl (C=O) groups excluding carboxylic acids is 1. The van der Waals surface area contributed by atoms with Gasteiger partial charge in [0.2, 0.25) is 5.88 Å². The molecule has 14 heavy (non-hydrogen) atoms. The molecule has 1 aromatic rings. The van der Waals surface area contributed by atoms with Gasteiger partial charge in [-0.2, -0.15) is 0 Å². The van der Waals surface area contributed by atoms with Gasteiger partial charge in [0.1, 0.15) is 5.56 Å². The van der Waals surface area contributed by atoms with Crippen LogP contribution in [0.5, 0.6) is 5.88 Å². The number of hydrogen-bond donors (Lipinski definition) is 0. The predicted molar refractivity (Wildman–Crippen MR) is 53.9 cm³/mol. The zero-order valence-corrected chi connectivity index (χ0v) is 9.05. The van der Waals surface area contributed by atoms with Crippen molar-refractivity contribution in [2.24, 2.45) is 0 Å². The maximum absolute atomic E-state index is 11.2. The van der Waals surface area contributed by atoms with Crippen LogP contribution in [0.2, 0.25) is 0 Å². The van der Waals surface area contributed by atoms with Crippen LogP contribution >= 0.6 is 11.8 Å². The van der Waals surface area contributed by atoms with E-state index in [0.717, 1.165) is 5.03 Å². The van der Waals surface area contributed by atoms with Gasteiger partial charge in [-0.3, -0.25) is 0 Å². The van der Waals surface area contributed by atoms with Crippen molar-refractivity contribution < 1.29 is 14.3 Å². The molecule has 1 heterocycles. The lowest BCUT2D eigenvalue weighted by Crippen LogP contribution is -2.05. The standard InChI is InChI=1S/C9H11NO3S/c1-12-8-6(9(11)13-2)4-5-7(10-8)14-3/h4-5H,1-3H3. The first-order chi connectivity index (χ1) is 6.72. The van der Waals surface area contributed by atoms with Gasteiger partial charge in [0, 0.05) is 0 Å². The molecular weight excluding hydrogens is 202 g/mol. The molecule has 0 aliphatic carbocycles. The van der Waals surface area contributed by atoms with E-state index in [1.54, 1.807) is 12.1 Å². The lowest BCUT2D eigenvalue weighted by atomic mass is 10.3. The summed E-state index contributed by atoms with van der Waals surface area (Å²) in [5.41, 5.74) is 0.341. The number of methoxy groups -OCH3 is 2. The average Bonchev–Trinajstić information content (AvgIpc) is 2.27. The molecule has 0 bridgehead atoms. The fraction of sp³-hybridized carbons (Fsp3) is 0.333. The van der Waals surface area contributed by atoms with Gasteiger partial charge in [-0.05, 0) is 18.4 Å². The van der Waals surface area contributed by atoms with Crippen LogP contribution in [0.1, 0.15) is 10.4 Å². The van der Waals surface area contributed by atoms with E-state index < -0.39 is 5.97 Å². The fourth-order valence-electron chi connectivity index (χ4n) is 0.958. The van der Waals surface area contributed by atoms with Crippen molar-refractivity contribution in [1.82, 2.24) is 4.98 Å². The summed E-state index contributed by atoms with van der Waals surface area (Å²) >= 11 is 1.48. The third-order valence-electron chi connectivity index (χ3n) is 1.64. The maximum Gasteiger partial charge on any atom is 0.343 e. The maximum atomic E-state index is 11.2. The zero-order valence-electron chi connectivity index (χ0n) is 8.23. The molecule has 0 N–H and O–H groups in total. The number of thioether (sulfide) groups is 1. The Morgan fingerprint density at radius 3 is 2.64 bits per heavy atom. The van der Waals surface area contributed by atoms with Crippen LogP contribution in [-0.2, 0) is 4.74 Å². The molecular formula is C9H11NO3S. The number of hydrogen-bond acceptors (Lipinski definition) is 5. The molecule has 0 radical (unpaired) electrons. The molecule has 0 aliphatic rings. The Hall–Kier alpha value is -1.23. The summed E-state index contributed by atoms with van der Waals surface area (Å²) in [5.74, 6) is -0.147. The first-order valence-corrected chi connectivity index (χ1v) is 5.12. The van der Waals surface area contributed by atoms with Crippen molar-refractivity contribution in [1.29, 1.82) is 0 Å². The molecule has 0 amide bonds. The largest absolute Gasteiger partial charge is 0.480 e. The highest BCUT2D eigenvalue weighted by Crippen LogP contribution is 2.21. The molecule has 4 nitrogen and oxygen atoms in total. The normalized spacial score (nSPS) is 9.64. The summed E-state index contributed by atoms with van der Waals surface area (Å²) in [4.78, 5) is 15.4. The lowest BCUT2D eigenvalue weighted by molar-refractivity contribution is 0.0596. The van der Waals surface area contributed by atoms with E-state index in [1.165, 1.54) is 26.0 Å². The Morgan fingerprint density at radius 2 is 2.14 bits per heavy atom. The Bertz CT molecular complexity index is 341. The van der Waals surface area contributed by atoms with E-state index in [-0.39, 0.29) is 0 Å². The van der Waals surface area contributed by atoms with Gasteiger partial charge in [0.25, 0.3) is 0 Å². The Labute approximate surface area is 86.6 Å². The summed E-state index contributed by atoms with van der Waals surface area (Å²) in [6, 6.07) is 3.39. The van der Waals surface area contributed by atoms with Gasteiger partial charge >= 0.3 is 5.97 Å². The molecule has 0 aliphatic heterocycles. The zero-order chi connectivity index (χ0) is 10.6. The van der Waals surface area contributed by atoms with Crippen LogP contribution in [0.25, 0.3) is 0 Å². The quantitative estimate of drug-likeness (QED) is 0.563. The minimum atomic E-state index is -0.443. The molecule has 0 saturated heterocycles. The Balaban J connectivity index is 3.11. The number of rotatable bonds is 3. The smallest absolute Gasteiger partial charge is 0.343 e. The predicted octanol–water partition coefficient (Wildman–Crippen LogP) is 1.60. The molecule has 5 heteroatoms. The molecule has 1 rings (SSSR count). The van der Waals surface area contributed by atoms with Crippen LogP contribution in [-0.4, -0.2) is 31.4 Å². The van der Waals surface area contributed by atoms with Crippen LogP contribution in [0, 0.1) is 0 Å². The van der Waals surface area contributed by atoms with Gasteiger partial charge in [-0.25, -0.2) is 9.78 Å². The first-order valence-electron chi connectivity index (χ1n) is 3.90. The summed E-state index contributed by atoms with van der Waals surface area (Å²) in [6.45, 7) is 0. The van der Waals surface area contributed by atoms with Crippen LogP contribution in [0.4, 0.5) is 0 Å². The van der Waals surface area contributed by atoms with Crippen LogP contribution in [0.15, 0.2) is 17.2 Å². The van der Waals surface area contributed by atoms with Crippen molar-refractivity contribution in [3.05, 3.63) is 17.7 Å². The van der Waals surface area contributed by atoms with E-state index in [0.29, 0.717) is 11.4 Å². The number of ether oxygens (including phenoxy) is 2. The minimum Gasteiger partial charge on any atom is -0.480 e. The van der Waals surface area contributed by atoms with Gasteiger partial charge < -0.3 is 9.47 Å². The SMILES string of the molecule is COC(=O)c1ccc(SC)nc1OC. The van der Waals surface area contributed by atoms with Crippen molar-refractivity contribution in [2.45, 2.75) is 5.03 Å². The van der Waals surface area contributed by atoms with Gasteiger partial charge in [-0.15, -0.1) is 11.8 Å². The fourth-order valence-corrected chi connectivity index (χ4v) is 1.34. The Morgan fingerprint density at radius 1 is 1.43 bits per heavy atom. The van der Waals surface area contributed by atoms with Crippen molar-refractivity contribution in [3.63, 3.8) is 0 Å². The second-order valence-corrected chi connectivity index (χ2v) is 3.23. The monoisotopic (exact) mass is 213 g/mol. The number of nitrogens with zero attached hydrogens (tertiary/aromatic N) is 1. The van der Waals surface area contributed by atoms with Crippen molar-refractivity contribution >= 4 is 17.7 Å². The number of pyridine rings is 1. The van der Waals surface area contributed by atoms with Gasteiger partial charge in [0.05, 0.1) is 19.2 Å². The number of carbonyl (C=O) groups is 1. The molecule has 0 unspecified atom stereocenters. The second kappa shape index (κ2) is 4.85. The highest BCUT2D eigenvalue weighted by Gasteiger charge is 2.14. The third-order valence-corrected chi connectivity index (χ3v) is 2.29. The summed E-state index contributed by atoms with van der Waals surface area (Å²) in [7, 11) is 2.79. The highest BCUT2D eigenvalue weighted by atomic mass is 32.2. The van der Waals surface area contributed by atoms with E-state index in [4.69, 9.17) is 4.74 Å². The summed E-state index contributed by atoms with van der Waals surface area (Å²) in [6.07, 6.45) is 1.90. The highest BCUT2D eigenvalue weighted by molar-refractivity contribution is 7.98.